The minimum Gasteiger partial charge on any atom is -0.462 e. The Morgan fingerprint density at radius 2 is 0.505 bits per heavy atom. The topological polar surface area (TPSA) is 237 Å². The lowest BCUT2D eigenvalue weighted by molar-refractivity contribution is -0.161. The first-order valence-corrected chi connectivity index (χ1v) is 45.5. The molecule has 19 heteroatoms. The largest absolute Gasteiger partial charge is 0.472 e. The second-order valence-corrected chi connectivity index (χ2v) is 33.1. The number of aliphatic hydroxyl groups excluding tert-OH is 1. The van der Waals surface area contributed by atoms with Gasteiger partial charge < -0.3 is 33.8 Å². The molecule has 0 rings (SSSR count). The van der Waals surface area contributed by atoms with E-state index in [1.54, 1.807) is 0 Å². The van der Waals surface area contributed by atoms with Crippen molar-refractivity contribution in [1.29, 1.82) is 0 Å². The molecule has 3 N–H and O–H groups in total. The number of ether oxygens (including phenoxy) is 4. The van der Waals surface area contributed by atoms with Gasteiger partial charge in [0.2, 0.25) is 0 Å². The molecule has 0 spiro atoms. The molecule has 0 saturated heterocycles. The number of unbranched alkanes of at least 4 members (excludes halogenated alkanes) is 50. The van der Waals surface area contributed by atoms with Crippen molar-refractivity contribution in [2.45, 2.75) is 452 Å². The van der Waals surface area contributed by atoms with Crippen LogP contribution in [0.2, 0.25) is 0 Å². The maximum atomic E-state index is 13.1. The molecule has 0 saturated carbocycles. The van der Waals surface area contributed by atoms with E-state index >= 15 is 0 Å². The van der Waals surface area contributed by atoms with Crippen LogP contribution in [0.5, 0.6) is 0 Å². The van der Waals surface area contributed by atoms with Gasteiger partial charge in [-0.1, -0.05) is 382 Å². The number of esters is 4. The van der Waals surface area contributed by atoms with Crippen LogP contribution in [0.25, 0.3) is 0 Å². The molecule has 101 heavy (non-hydrogen) atoms. The second kappa shape index (κ2) is 73.6. The average molecular weight is 1480 g/mol. The van der Waals surface area contributed by atoms with Gasteiger partial charge in [-0.15, -0.1) is 0 Å². The molecule has 0 aliphatic rings. The van der Waals surface area contributed by atoms with Gasteiger partial charge in [-0.25, -0.2) is 9.13 Å². The van der Waals surface area contributed by atoms with Gasteiger partial charge in [0.1, 0.15) is 19.3 Å². The Hall–Kier alpha value is -1.94. The van der Waals surface area contributed by atoms with E-state index in [4.69, 9.17) is 37.0 Å². The zero-order valence-electron chi connectivity index (χ0n) is 66.2. The van der Waals surface area contributed by atoms with E-state index in [2.05, 4.69) is 41.5 Å². The lowest BCUT2D eigenvalue weighted by Crippen LogP contribution is -2.30. The highest BCUT2D eigenvalue weighted by atomic mass is 31.2. The molecule has 0 aliphatic carbocycles. The standard InChI is InChI=1S/C82H160O17P2/c1-7-10-12-14-16-18-20-22-23-24-25-26-30-34-41-47-53-59-65-80(85)93-70-77(98-81(86)66-60-54-48-42-35-31-28-27-29-32-39-45-51-57-63-75(6)9-3)72-96-100(88,89)94-68-76(83)69-95-101(90,91)97-73-78(71-92-79(84)64-58-52-46-40-33-21-19-17-15-13-11-8-2)99-82(87)67-61-55-49-43-37-36-38-44-50-56-62-74(4)5/h74-78,83H,7-73H2,1-6H3,(H,88,89)(H,90,91)/t75?,76-,77-,78-/m1/s1. The summed E-state index contributed by atoms with van der Waals surface area (Å²) < 4.78 is 68.8. The van der Waals surface area contributed by atoms with Crippen LogP contribution in [0.15, 0.2) is 0 Å². The summed E-state index contributed by atoms with van der Waals surface area (Å²) in [5.74, 6) is -0.508. The highest BCUT2D eigenvalue weighted by Gasteiger charge is 2.30. The van der Waals surface area contributed by atoms with Crippen molar-refractivity contribution in [1.82, 2.24) is 0 Å². The van der Waals surface area contributed by atoms with Crippen molar-refractivity contribution >= 4 is 39.5 Å². The monoisotopic (exact) mass is 1480 g/mol. The van der Waals surface area contributed by atoms with Crippen molar-refractivity contribution in [3.8, 4) is 0 Å². The highest BCUT2D eigenvalue weighted by Crippen LogP contribution is 2.45. The van der Waals surface area contributed by atoms with E-state index in [0.717, 1.165) is 102 Å². The van der Waals surface area contributed by atoms with E-state index in [1.807, 2.05) is 0 Å². The molecular formula is C82H160O17P2. The third kappa shape index (κ3) is 74.7. The van der Waals surface area contributed by atoms with Gasteiger partial charge in [0.05, 0.1) is 26.4 Å². The van der Waals surface area contributed by atoms with E-state index in [1.165, 1.54) is 250 Å². The first kappa shape index (κ1) is 99.1. The fourth-order valence-electron chi connectivity index (χ4n) is 12.7. The summed E-state index contributed by atoms with van der Waals surface area (Å²) >= 11 is 0. The predicted octanol–water partition coefficient (Wildman–Crippen LogP) is 24.7. The summed E-state index contributed by atoms with van der Waals surface area (Å²) in [6, 6.07) is 0. The Kier molecular flexibility index (Phi) is 72.2. The number of phosphoric acid groups is 2. The predicted molar refractivity (Wildman–Crippen MR) is 414 cm³/mol. The Morgan fingerprint density at radius 3 is 0.752 bits per heavy atom. The molecule has 0 radical (unpaired) electrons. The minimum absolute atomic E-state index is 0.107. The molecule has 0 bridgehead atoms. The van der Waals surface area contributed by atoms with Gasteiger partial charge in [-0.2, -0.15) is 0 Å². The number of rotatable bonds is 81. The van der Waals surface area contributed by atoms with Crippen molar-refractivity contribution in [3.63, 3.8) is 0 Å². The molecule has 0 aliphatic heterocycles. The van der Waals surface area contributed by atoms with E-state index in [-0.39, 0.29) is 25.7 Å². The number of carbonyl (C=O) groups excluding carboxylic acids is 4. The van der Waals surface area contributed by atoms with Crippen LogP contribution in [0.4, 0.5) is 0 Å². The molecule has 0 fully saturated rings. The Labute approximate surface area is 619 Å². The fraction of sp³-hybridized carbons (Fsp3) is 0.951. The normalized spacial score (nSPS) is 14.2. The zero-order valence-corrected chi connectivity index (χ0v) is 68.0. The van der Waals surface area contributed by atoms with Crippen LogP contribution in [0.3, 0.4) is 0 Å². The van der Waals surface area contributed by atoms with E-state index < -0.39 is 97.5 Å². The molecule has 0 aromatic rings. The lowest BCUT2D eigenvalue weighted by atomic mass is 9.99. The molecule has 0 aromatic heterocycles. The quantitative estimate of drug-likeness (QED) is 0.0222. The summed E-state index contributed by atoms with van der Waals surface area (Å²) in [7, 11) is -9.92. The molecular weight excluding hydrogens is 1320 g/mol. The first-order valence-electron chi connectivity index (χ1n) is 42.5. The highest BCUT2D eigenvalue weighted by molar-refractivity contribution is 7.47. The summed E-state index contributed by atoms with van der Waals surface area (Å²) in [4.78, 5) is 73.1. The molecule has 0 aromatic carbocycles. The smallest absolute Gasteiger partial charge is 0.462 e. The SMILES string of the molecule is CCCCCCCCCCCCCCCCCCCCC(=O)OC[C@H](COP(=O)(O)OC[C@@H](O)COP(=O)(O)OC[C@@H](COC(=O)CCCCCCCCCCCCCC)OC(=O)CCCCCCCCCCCCC(C)C)OC(=O)CCCCCCCCCCCCCCCCC(C)CC. The van der Waals surface area contributed by atoms with Crippen molar-refractivity contribution in [2.75, 3.05) is 39.6 Å². The number of carbonyl (C=O) groups is 4. The van der Waals surface area contributed by atoms with Gasteiger partial charge in [0.15, 0.2) is 12.2 Å². The first-order chi connectivity index (χ1) is 48.9. The second-order valence-electron chi connectivity index (χ2n) is 30.2. The zero-order chi connectivity index (χ0) is 74.2. The number of phosphoric ester groups is 2. The molecule has 6 atom stereocenters. The van der Waals surface area contributed by atoms with Crippen LogP contribution >= 0.6 is 15.6 Å². The van der Waals surface area contributed by atoms with Crippen LogP contribution in [-0.2, 0) is 65.4 Å². The number of aliphatic hydroxyl groups is 1. The van der Waals surface area contributed by atoms with Gasteiger partial charge in [-0.05, 0) is 37.5 Å². The Balaban J connectivity index is 5.25. The van der Waals surface area contributed by atoms with E-state index in [0.29, 0.717) is 25.7 Å². The summed E-state index contributed by atoms with van der Waals surface area (Å²) in [5.41, 5.74) is 0. The van der Waals surface area contributed by atoms with Gasteiger partial charge in [-0.3, -0.25) is 37.3 Å². The minimum atomic E-state index is -4.96. The van der Waals surface area contributed by atoms with Gasteiger partial charge in [0, 0.05) is 25.7 Å². The Bertz CT molecular complexity index is 1940. The number of hydrogen-bond acceptors (Lipinski definition) is 15. The lowest BCUT2D eigenvalue weighted by Gasteiger charge is -2.21. The molecule has 17 nitrogen and oxygen atoms in total. The molecule has 600 valence electrons. The third-order valence-electron chi connectivity index (χ3n) is 19.6. The van der Waals surface area contributed by atoms with Crippen LogP contribution in [0, 0.1) is 11.8 Å². The van der Waals surface area contributed by atoms with E-state index in [9.17, 15) is 43.2 Å². The maximum Gasteiger partial charge on any atom is 0.472 e. The van der Waals surface area contributed by atoms with Crippen molar-refractivity contribution in [2.24, 2.45) is 11.8 Å². The van der Waals surface area contributed by atoms with Crippen molar-refractivity contribution < 1.29 is 80.2 Å². The molecule has 3 unspecified atom stereocenters. The summed E-state index contributed by atoms with van der Waals surface area (Å²) in [6.07, 6.45) is 63.7. The summed E-state index contributed by atoms with van der Waals surface area (Å²) in [5, 5.41) is 10.7. The average Bonchev–Trinajstić information content (AvgIpc) is 2.18. The summed E-state index contributed by atoms with van der Waals surface area (Å²) in [6.45, 7) is 9.69. The third-order valence-corrected chi connectivity index (χ3v) is 21.5. The van der Waals surface area contributed by atoms with Crippen LogP contribution in [0.1, 0.15) is 433 Å². The molecule has 0 heterocycles. The fourth-order valence-corrected chi connectivity index (χ4v) is 14.3. The Morgan fingerprint density at radius 1 is 0.287 bits per heavy atom. The molecule has 0 amide bonds. The maximum absolute atomic E-state index is 13.1. The van der Waals surface area contributed by atoms with Crippen LogP contribution in [-0.4, -0.2) is 96.7 Å². The van der Waals surface area contributed by atoms with Crippen molar-refractivity contribution in [3.05, 3.63) is 0 Å². The van der Waals surface area contributed by atoms with Gasteiger partial charge >= 0.3 is 39.5 Å². The van der Waals surface area contributed by atoms with Gasteiger partial charge in [0.25, 0.3) is 0 Å². The number of hydrogen-bond donors (Lipinski definition) is 3. The van der Waals surface area contributed by atoms with Crippen LogP contribution < -0.4 is 0 Å².